The zero-order chi connectivity index (χ0) is 37.8. The van der Waals surface area contributed by atoms with Crippen LogP contribution in [0.1, 0.15) is 6.92 Å². The highest BCUT2D eigenvalue weighted by atomic mass is 32.3. The van der Waals surface area contributed by atoms with Gasteiger partial charge in [-0.15, -0.1) is 10.2 Å². The van der Waals surface area contributed by atoms with Crippen LogP contribution >= 0.6 is 0 Å². The van der Waals surface area contributed by atoms with E-state index in [1.807, 2.05) is 0 Å². The van der Waals surface area contributed by atoms with E-state index in [-0.39, 0.29) is 5.39 Å². The van der Waals surface area contributed by atoms with Crippen molar-refractivity contribution >= 4 is 95.1 Å². The Bertz CT molecular complexity index is 2710. The van der Waals surface area contributed by atoms with E-state index in [0.717, 1.165) is 25.1 Å². The van der Waals surface area contributed by atoms with Crippen molar-refractivity contribution < 1.29 is 79.5 Å². The summed E-state index contributed by atoms with van der Waals surface area (Å²) in [5.74, 6) is -4.30. The summed E-state index contributed by atoms with van der Waals surface area (Å²) in [5.41, 5.74) is -2.26. The normalized spacial score (nSPS) is 13.3. The molecule has 270 valence electrons. The zero-order valence-corrected chi connectivity index (χ0v) is 28.6. The Morgan fingerprint density at radius 2 is 1.28 bits per heavy atom. The van der Waals surface area contributed by atoms with Crippen LogP contribution < -0.4 is 5.32 Å². The highest BCUT2D eigenvalue weighted by Gasteiger charge is 2.28. The Hall–Kier alpha value is -4.38. The lowest BCUT2D eigenvalue weighted by Gasteiger charge is -2.14. The molecule has 4 aromatic carbocycles. The smallest absolute Gasteiger partial charge is 0.397 e. The number of rotatable bonds is 11. The maximum absolute atomic E-state index is 13.2. The summed E-state index contributed by atoms with van der Waals surface area (Å²) >= 11 is 0. The van der Waals surface area contributed by atoms with E-state index in [1.165, 1.54) is 0 Å². The molecule has 0 aromatic heterocycles. The van der Waals surface area contributed by atoms with Gasteiger partial charge in [0.2, 0.25) is 5.91 Å². The molecule has 0 aliphatic carbocycles. The van der Waals surface area contributed by atoms with Gasteiger partial charge in [0.15, 0.2) is 21.3 Å². The van der Waals surface area contributed by atoms with Crippen LogP contribution in [0, 0.1) is 0 Å². The van der Waals surface area contributed by atoms with Gasteiger partial charge >= 0.3 is 10.4 Å². The van der Waals surface area contributed by atoms with Crippen LogP contribution in [0.3, 0.4) is 0 Å². The average molecular weight is 800 g/mol. The number of azo groups is 1. The molecule has 0 aliphatic heterocycles. The molecule has 0 fully saturated rings. The number of anilines is 1. The number of amides is 1. The second-order valence-electron chi connectivity index (χ2n) is 9.97. The molecule has 0 saturated heterocycles. The second kappa shape index (κ2) is 13.1. The number of hydrogen-bond acceptors (Lipinski definition) is 16. The number of nitrogens with one attached hydrogen (secondary N) is 1. The van der Waals surface area contributed by atoms with E-state index in [1.54, 1.807) is 0 Å². The van der Waals surface area contributed by atoms with Crippen LogP contribution in [-0.2, 0) is 59.6 Å². The lowest BCUT2D eigenvalue weighted by Crippen LogP contribution is -2.16. The first-order valence-electron chi connectivity index (χ1n) is 12.8. The number of aromatic hydroxyl groups is 2. The van der Waals surface area contributed by atoms with E-state index in [2.05, 4.69) is 19.7 Å². The van der Waals surface area contributed by atoms with Crippen LogP contribution in [0.4, 0.5) is 17.1 Å². The van der Waals surface area contributed by atoms with Crippen molar-refractivity contribution in [3.63, 3.8) is 0 Å². The molecule has 0 atom stereocenters. The monoisotopic (exact) mass is 799 g/mol. The van der Waals surface area contributed by atoms with E-state index in [0.29, 0.717) is 24.3 Å². The minimum absolute atomic E-state index is 0.368. The summed E-state index contributed by atoms with van der Waals surface area (Å²) in [4.78, 5) is 7.73. The maximum atomic E-state index is 13.2. The first-order chi connectivity index (χ1) is 22.7. The van der Waals surface area contributed by atoms with Gasteiger partial charge in [0.05, 0.1) is 32.7 Å². The van der Waals surface area contributed by atoms with E-state index in [4.69, 9.17) is 4.55 Å². The molecule has 21 nitrogen and oxygen atoms in total. The van der Waals surface area contributed by atoms with Gasteiger partial charge in [0.25, 0.3) is 30.4 Å². The predicted octanol–water partition coefficient (Wildman–Crippen LogP) is 2.11. The Morgan fingerprint density at radius 1 is 0.700 bits per heavy atom. The molecule has 7 N–H and O–H groups in total. The molecule has 0 spiro atoms. The topological polar surface area (TPSA) is 355 Å². The number of fused-ring (bicyclic) bond motifs is 2. The van der Waals surface area contributed by atoms with Crippen LogP contribution in [0.25, 0.3) is 21.5 Å². The van der Waals surface area contributed by atoms with E-state index >= 15 is 0 Å². The average Bonchev–Trinajstić information content (AvgIpc) is 2.94. The Kier molecular flexibility index (Phi) is 10.0. The lowest BCUT2D eigenvalue weighted by atomic mass is 10.1. The molecule has 50 heavy (non-hydrogen) atoms. The molecule has 26 heteroatoms. The van der Waals surface area contributed by atoms with Crippen molar-refractivity contribution in [3.05, 3.63) is 42.5 Å². The molecule has 4 aromatic rings. The molecule has 0 aliphatic rings. The Balaban J connectivity index is 2.02. The Labute approximate surface area is 282 Å². The van der Waals surface area contributed by atoms with E-state index < -0.39 is 133 Å². The highest BCUT2D eigenvalue weighted by molar-refractivity contribution is 7.91. The summed E-state index contributed by atoms with van der Waals surface area (Å²) < 4.78 is 162. The van der Waals surface area contributed by atoms with Gasteiger partial charge in [0, 0.05) is 17.7 Å². The minimum Gasteiger partial charge on any atom is -0.505 e. The zero-order valence-electron chi connectivity index (χ0n) is 24.5. The fraction of sp³-hybridized carbons (Fsp3) is 0.125. The van der Waals surface area contributed by atoms with Crippen molar-refractivity contribution in [1.29, 1.82) is 0 Å². The number of phenols is 2. The maximum Gasteiger partial charge on any atom is 0.397 e. The number of carbonyl (C=O) groups excluding carboxylic acids is 1. The molecule has 1 amide bonds. The molecule has 0 unspecified atom stereocenters. The van der Waals surface area contributed by atoms with Gasteiger partial charge in [-0.05, 0) is 47.2 Å². The first-order valence-corrected chi connectivity index (χ1v) is 20.1. The number of sulfone groups is 1. The van der Waals surface area contributed by atoms with Gasteiger partial charge < -0.3 is 15.5 Å². The first kappa shape index (κ1) is 38.4. The Morgan fingerprint density at radius 3 is 1.82 bits per heavy atom. The summed E-state index contributed by atoms with van der Waals surface area (Å²) in [6.07, 6.45) is 0. The van der Waals surface area contributed by atoms with Crippen molar-refractivity contribution in [2.75, 3.05) is 17.7 Å². The van der Waals surface area contributed by atoms with Crippen molar-refractivity contribution in [3.8, 4) is 11.5 Å². The molecular formula is C24H21N3O18S5. The lowest BCUT2D eigenvalue weighted by molar-refractivity contribution is -0.114. The number of phenolic OH excluding ortho intramolecular Hbond substituents is 2. The van der Waals surface area contributed by atoms with Crippen molar-refractivity contribution in [1.82, 2.24) is 0 Å². The fourth-order valence-corrected chi connectivity index (χ4v) is 8.07. The number of nitrogens with zero attached hydrogens (tertiary/aromatic N) is 2. The van der Waals surface area contributed by atoms with Gasteiger partial charge in [-0.1, -0.05) is 6.07 Å². The highest BCUT2D eigenvalue weighted by Crippen LogP contribution is 2.46. The third-order valence-electron chi connectivity index (χ3n) is 6.49. The van der Waals surface area contributed by atoms with Gasteiger partial charge in [-0.3, -0.25) is 23.0 Å². The van der Waals surface area contributed by atoms with Gasteiger partial charge in [-0.2, -0.15) is 33.7 Å². The van der Waals surface area contributed by atoms with Crippen LogP contribution in [0.15, 0.2) is 72.3 Å². The van der Waals surface area contributed by atoms with E-state index in [9.17, 15) is 70.8 Å². The summed E-state index contributed by atoms with van der Waals surface area (Å²) in [5, 5.41) is 29.6. The molecule has 0 bridgehead atoms. The van der Waals surface area contributed by atoms with Crippen molar-refractivity contribution in [2.45, 2.75) is 26.5 Å². The largest absolute Gasteiger partial charge is 0.505 e. The predicted molar refractivity (Wildman–Crippen MR) is 169 cm³/mol. The van der Waals surface area contributed by atoms with Crippen molar-refractivity contribution in [2.24, 2.45) is 10.2 Å². The van der Waals surface area contributed by atoms with Crippen LogP contribution in [-0.4, -0.2) is 88.8 Å². The number of carbonyl (C=O) groups is 1. The van der Waals surface area contributed by atoms with Crippen LogP contribution in [0.5, 0.6) is 11.5 Å². The van der Waals surface area contributed by atoms with Gasteiger partial charge in [0.1, 0.15) is 16.3 Å². The molecule has 0 heterocycles. The summed E-state index contributed by atoms with van der Waals surface area (Å²) in [6.45, 7) is -0.210. The van der Waals surface area contributed by atoms with Gasteiger partial charge in [-0.25, -0.2) is 12.6 Å². The molecular weight excluding hydrogens is 779 g/mol. The third kappa shape index (κ3) is 8.31. The van der Waals surface area contributed by atoms with Crippen LogP contribution in [0.2, 0.25) is 0 Å². The third-order valence-corrected chi connectivity index (χ3v) is 11.2. The standard InChI is InChI=1S/C24H21N3O18S5/c1-11(28)25-17-9-14(47(33,34)35)7-13-8-19(49(39,40)41)22(24(30)20(13)17)27-26-16-3-2-12-6-15(48(36,37)38)10-18(21(12)23(16)29)46(31,32)5-4-45-50(42,43)44/h2-3,6-10,29-30H,4-5H2,1H3,(H,25,28)(H,33,34,35)(H,36,37,38)(H,39,40,41)(H,42,43,44)/b27-26+. The summed E-state index contributed by atoms with van der Waals surface area (Å²) in [7, 11) is -25.4. The number of hydrogen-bond donors (Lipinski definition) is 7. The fourth-order valence-electron chi connectivity index (χ4n) is 4.50. The molecule has 0 radical (unpaired) electrons. The molecule has 0 saturated carbocycles. The molecule has 4 rings (SSSR count). The summed E-state index contributed by atoms with van der Waals surface area (Å²) in [6, 6.07) is 4.96. The SMILES string of the molecule is CC(=O)Nc1cc(S(=O)(=O)O)cc2cc(S(=O)(=O)O)c(/N=N/c3ccc4cc(S(=O)(=O)O)cc(S(=O)(=O)CCOS(=O)(=O)O)c4c3O)c(O)c12. The number of benzene rings is 4. The second-order valence-corrected chi connectivity index (χ2v) is 17.4. The minimum atomic E-state index is -5.35. The quantitative estimate of drug-likeness (QED) is 0.0843.